The van der Waals surface area contributed by atoms with Gasteiger partial charge >= 0.3 is 0 Å². The highest BCUT2D eigenvalue weighted by Crippen LogP contribution is 2.31. The van der Waals surface area contributed by atoms with E-state index in [2.05, 4.69) is 47.1 Å². The van der Waals surface area contributed by atoms with Gasteiger partial charge in [-0.2, -0.15) is 0 Å². The molecule has 4 rings (SSSR count). The van der Waals surface area contributed by atoms with Crippen LogP contribution in [0.15, 0.2) is 54.6 Å². The van der Waals surface area contributed by atoms with E-state index < -0.39 is 6.17 Å². The number of piperazine rings is 1. The molecule has 0 saturated carbocycles. The Morgan fingerprint density at radius 2 is 1.68 bits per heavy atom. The molecule has 0 N–H and O–H groups in total. The normalized spacial score (nSPS) is 16.5. The molecule has 0 bridgehead atoms. The number of likely N-dealkylation sites (N-methyl/N-ethyl adjacent to an activating group) is 1. The number of aromatic nitrogens is 1. The molecule has 3 nitrogen and oxygen atoms in total. The number of pyridine rings is 1. The van der Waals surface area contributed by atoms with Crippen molar-refractivity contribution in [3.05, 3.63) is 60.2 Å². The van der Waals surface area contributed by atoms with E-state index in [-0.39, 0.29) is 0 Å². The van der Waals surface area contributed by atoms with Gasteiger partial charge in [0.25, 0.3) is 0 Å². The first kappa shape index (κ1) is 18.9. The van der Waals surface area contributed by atoms with Crippen LogP contribution < -0.4 is 4.90 Å². The van der Waals surface area contributed by atoms with Crippen LogP contribution in [0.25, 0.3) is 22.0 Å². The third-order valence-electron chi connectivity index (χ3n) is 5.77. The van der Waals surface area contributed by atoms with Crippen molar-refractivity contribution in [1.82, 2.24) is 9.88 Å². The molecule has 3 aromatic rings. The molecule has 1 aromatic heterocycles. The SMILES string of the molecule is CCC(F)c1ccc(-c2cc3ccccc3c(N3CCN(CC)CC3)n2)cc1. The smallest absolute Gasteiger partial charge is 0.137 e. The molecule has 146 valence electrons. The highest BCUT2D eigenvalue weighted by molar-refractivity contribution is 5.95. The zero-order valence-corrected chi connectivity index (χ0v) is 16.7. The Balaban J connectivity index is 1.72. The maximum Gasteiger partial charge on any atom is 0.137 e. The first-order valence-electron chi connectivity index (χ1n) is 10.3. The van der Waals surface area contributed by atoms with E-state index in [1.807, 2.05) is 31.2 Å². The molecule has 1 aliphatic rings. The minimum absolute atomic E-state index is 0.501. The van der Waals surface area contributed by atoms with Crippen LogP contribution in [0.1, 0.15) is 32.0 Å². The molecule has 28 heavy (non-hydrogen) atoms. The number of hydrogen-bond donors (Lipinski definition) is 0. The Morgan fingerprint density at radius 1 is 0.964 bits per heavy atom. The first-order chi connectivity index (χ1) is 13.7. The number of alkyl halides is 1. The van der Waals surface area contributed by atoms with Gasteiger partial charge in [-0.1, -0.05) is 62.4 Å². The van der Waals surface area contributed by atoms with Crippen molar-refractivity contribution in [3.63, 3.8) is 0 Å². The molecule has 4 heteroatoms. The lowest BCUT2D eigenvalue weighted by atomic mass is 10.0. The maximum absolute atomic E-state index is 13.9. The van der Waals surface area contributed by atoms with Gasteiger partial charge in [-0.05, 0) is 30.0 Å². The summed E-state index contributed by atoms with van der Waals surface area (Å²) in [5.74, 6) is 1.06. The van der Waals surface area contributed by atoms with Gasteiger partial charge in [0, 0.05) is 37.1 Å². The monoisotopic (exact) mass is 377 g/mol. The van der Waals surface area contributed by atoms with Crippen molar-refractivity contribution in [3.8, 4) is 11.3 Å². The Bertz CT molecular complexity index is 930. The van der Waals surface area contributed by atoms with Gasteiger partial charge in [0.05, 0.1) is 5.69 Å². The Hall–Kier alpha value is -2.46. The molecule has 0 aliphatic carbocycles. The summed E-state index contributed by atoms with van der Waals surface area (Å²) in [4.78, 5) is 9.93. The number of fused-ring (bicyclic) bond motifs is 1. The topological polar surface area (TPSA) is 19.4 Å². The van der Waals surface area contributed by atoms with Gasteiger partial charge < -0.3 is 9.80 Å². The summed E-state index contributed by atoms with van der Waals surface area (Å²) < 4.78 is 13.9. The Morgan fingerprint density at radius 3 is 2.36 bits per heavy atom. The third kappa shape index (κ3) is 3.74. The van der Waals surface area contributed by atoms with Crippen molar-refractivity contribution in [1.29, 1.82) is 0 Å². The molecular weight excluding hydrogens is 349 g/mol. The predicted octanol–water partition coefficient (Wildman–Crippen LogP) is 5.46. The van der Waals surface area contributed by atoms with Gasteiger partial charge in [0.2, 0.25) is 0 Å². The number of nitrogens with zero attached hydrogens (tertiary/aromatic N) is 3. The summed E-state index contributed by atoms with van der Waals surface area (Å²) in [6, 6.07) is 18.4. The molecule has 0 amide bonds. The highest BCUT2D eigenvalue weighted by atomic mass is 19.1. The van der Waals surface area contributed by atoms with Gasteiger partial charge in [-0.25, -0.2) is 9.37 Å². The summed E-state index contributed by atoms with van der Waals surface area (Å²) >= 11 is 0. The van der Waals surface area contributed by atoms with E-state index in [9.17, 15) is 4.39 Å². The minimum atomic E-state index is -0.899. The van der Waals surface area contributed by atoms with Crippen LogP contribution in [0, 0.1) is 0 Å². The lowest BCUT2D eigenvalue weighted by molar-refractivity contribution is 0.271. The van der Waals surface area contributed by atoms with E-state index in [0.717, 1.165) is 55.4 Å². The molecule has 0 radical (unpaired) electrons. The molecule has 1 aliphatic heterocycles. The largest absolute Gasteiger partial charge is 0.354 e. The summed E-state index contributed by atoms with van der Waals surface area (Å²) in [6.07, 6.45) is -0.398. The summed E-state index contributed by atoms with van der Waals surface area (Å²) in [5, 5.41) is 2.39. The van der Waals surface area contributed by atoms with Gasteiger partial charge in [-0.15, -0.1) is 0 Å². The fourth-order valence-corrected chi connectivity index (χ4v) is 3.94. The lowest BCUT2D eigenvalue weighted by Crippen LogP contribution is -2.46. The van der Waals surface area contributed by atoms with Crippen molar-refractivity contribution in [2.75, 3.05) is 37.6 Å². The van der Waals surface area contributed by atoms with Crippen LogP contribution in [0.5, 0.6) is 0 Å². The second-order valence-corrected chi connectivity index (χ2v) is 7.47. The molecular formula is C24H28FN3. The van der Waals surface area contributed by atoms with Crippen LogP contribution in [0.4, 0.5) is 10.2 Å². The minimum Gasteiger partial charge on any atom is -0.354 e. The fraction of sp³-hybridized carbons (Fsp3) is 0.375. The second-order valence-electron chi connectivity index (χ2n) is 7.47. The van der Waals surface area contributed by atoms with E-state index in [0.29, 0.717) is 6.42 Å². The number of rotatable bonds is 5. The van der Waals surface area contributed by atoms with Crippen molar-refractivity contribution >= 4 is 16.6 Å². The second kappa shape index (κ2) is 8.27. The van der Waals surface area contributed by atoms with Crippen LogP contribution in [0.2, 0.25) is 0 Å². The first-order valence-corrected chi connectivity index (χ1v) is 10.3. The summed E-state index contributed by atoms with van der Waals surface area (Å²) in [6.45, 7) is 9.31. The standard InChI is InChI=1S/C24H28FN3/c1-3-22(25)18-9-11-19(12-10-18)23-17-20-7-5-6-8-21(20)24(26-23)28-15-13-27(4-2)14-16-28/h5-12,17,22H,3-4,13-16H2,1-2H3. The number of halogens is 1. The fourth-order valence-electron chi connectivity index (χ4n) is 3.94. The zero-order valence-electron chi connectivity index (χ0n) is 16.7. The average molecular weight is 378 g/mol. The average Bonchev–Trinajstić information content (AvgIpc) is 2.78. The molecule has 1 saturated heterocycles. The van der Waals surface area contributed by atoms with Crippen molar-refractivity contribution < 1.29 is 4.39 Å². The van der Waals surface area contributed by atoms with Crippen LogP contribution in [-0.4, -0.2) is 42.6 Å². The third-order valence-corrected chi connectivity index (χ3v) is 5.77. The molecule has 2 aromatic carbocycles. The maximum atomic E-state index is 13.9. The quantitative estimate of drug-likeness (QED) is 0.588. The number of anilines is 1. The Labute approximate surface area is 166 Å². The van der Waals surface area contributed by atoms with E-state index in [4.69, 9.17) is 4.98 Å². The molecule has 1 atom stereocenters. The van der Waals surface area contributed by atoms with Crippen LogP contribution in [-0.2, 0) is 0 Å². The van der Waals surface area contributed by atoms with Gasteiger partial charge in [0.1, 0.15) is 12.0 Å². The van der Waals surface area contributed by atoms with Crippen molar-refractivity contribution in [2.24, 2.45) is 0 Å². The van der Waals surface area contributed by atoms with E-state index >= 15 is 0 Å². The molecule has 0 spiro atoms. The highest BCUT2D eigenvalue weighted by Gasteiger charge is 2.20. The molecule has 1 unspecified atom stereocenters. The van der Waals surface area contributed by atoms with Gasteiger partial charge in [-0.3, -0.25) is 0 Å². The lowest BCUT2D eigenvalue weighted by Gasteiger charge is -2.35. The van der Waals surface area contributed by atoms with Gasteiger partial charge in [0.15, 0.2) is 0 Å². The molecule has 1 fully saturated rings. The van der Waals surface area contributed by atoms with Crippen molar-refractivity contribution in [2.45, 2.75) is 26.4 Å². The van der Waals surface area contributed by atoms with Crippen LogP contribution in [0.3, 0.4) is 0 Å². The number of hydrogen-bond acceptors (Lipinski definition) is 3. The van der Waals surface area contributed by atoms with E-state index in [1.165, 1.54) is 10.8 Å². The summed E-state index contributed by atoms with van der Waals surface area (Å²) in [5.41, 5.74) is 2.72. The van der Waals surface area contributed by atoms with Crippen LogP contribution >= 0.6 is 0 Å². The van der Waals surface area contributed by atoms with E-state index in [1.54, 1.807) is 0 Å². The summed E-state index contributed by atoms with van der Waals surface area (Å²) in [7, 11) is 0. The number of benzene rings is 2. The Kier molecular flexibility index (Phi) is 5.58. The molecule has 2 heterocycles. The predicted molar refractivity (Wildman–Crippen MR) is 116 cm³/mol. The zero-order chi connectivity index (χ0) is 19.5.